The van der Waals surface area contributed by atoms with Gasteiger partial charge in [-0.3, -0.25) is 14.3 Å². The quantitative estimate of drug-likeness (QED) is 0.719. The summed E-state index contributed by atoms with van der Waals surface area (Å²) in [5.74, 6) is 0.631. The summed E-state index contributed by atoms with van der Waals surface area (Å²) < 4.78 is 3.09. The number of nitrogens with one attached hydrogen (secondary N) is 1. The van der Waals surface area contributed by atoms with E-state index in [1.54, 1.807) is 11.6 Å². The Bertz CT molecular complexity index is 1060. The number of anilines is 1. The van der Waals surface area contributed by atoms with E-state index in [0.717, 1.165) is 31.5 Å². The van der Waals surface area contributed by atoms with Crippen molar-refractivity contribution < 1.29 is 5.11 Å². The molecule has 3 aromatic rings. The van der Waals surface area contributed by atoms with Gasteiger partial charge in [0.2, 0.25) is 5.95 Å². The fourth-order valence-corrected chi connectivity index (χ4v) is 3.68. The molecule has 4 rings (SSSR count). The minimum Gasteiger partial charge on any atom is -0.387 e. The van der Waals surface area contributed by atoms with Crippen molar-refractivity contribution >= 4 is 17.1 Å². The molecule has 3 heterocycles. The fourth-order valence-electron chi connectivity index (χ4n) is 3.68. The largest absolute Gasteiger partial charge is 0.387 e. The number of imidazole rings is 1. The molecule has 1 aliphatic heterocycles. The number of piperidine rings is 1. The molecule has 0 amide bonds. The highest BCUT2D eigenvalue weighted by Crippen LogP contribution is 2.26. The molecule has 0 bridgehead atoms. The number of benzene rings is 1. The highest BCUT2D eigenvalue weighted by atomic mass is 16.3. The number of rotatable bonds is 4. The standard InChI is InChI=1S/C19H23N5O3/c1-22-16-15(17(26)21-19(22)27)24(12-14(25)13-8-4-2-5-9-13)18(20-16)23-10-6-3-7-11-23/h2,4-5,8-9,14,25H,3,6-7,10-12H2,1H3,(H,21,26,27)/t14-/m0/s1. The third-order valence-electron chi connectivity index (χ3n) is 5.17. The van der Waals surface area contributed by atoms with Gasteiger partial charge in [0.1, 0.15) is 0 Å². The molecular weight excluding hydrogens is 346 g/mol. The molecule has 27 heavy (non-hydrogen) atoms. The first-order valence-corrected chi connectivity index (χ1v) is 9.24. The monoisotopic (exact) mass is 369 g/mol. The third-order valence-corrected chi connectivity index (χ3v) is 5.17. The maximum Gasteiger partial charge on any atom is 0.329 e. The van der Waals surface area contributed by atoms with Crippen LogP contribution in [0.4, 0.5) is 5.95 Å². The first kappa shape index (κ1) is 17.5. The molecule has 1 saturated heterocycles. The number of H-pyrrole nitrogens is 1. The van der Waals surface area contributed by atoms with Crippen LogP contribution in [-0.4, -0.2) is 37.3 Å². The topological polar surface area (TPSA) is 96.1 Å². The minimum atomic E-state index is -0.788. The van der Waals surface area contributed by atoms with Crippen molar-refractivity contribution in [3.05, 3.63) is 56.7 Å². The lowest BCUT2D eigenvalue weighted by Gasteiger charge is -2.28. The van der Waals surface area contributed by atoms with E-state index < -0.39 is 17.4 Å². The summed E-state index contributed by atoms with van der Waals surface area (Å²) in [5.41, 5.74) is 0.442. The van der Waals surface area contributed by atoms with Gasteiger partial charge in [0, 0.05) is 20.1 Å². The number of hydrogen-bond acceptors (Lipinski definition) is 5. The number of aryl methyl sites for hydroxylation is 1. The molecule has 1 aromatic carbocycles. The molecule has 0 radical (unpaired) electrons. The third kappa shape index (κ3) is 3.16. The second kappa shape index (κ2) is 7.03. The molecule has 2 aromatic heterocycles. The molecule has 2 N–H and O–H groups in total. The summed E-state index contributed by atoms with van der Waals surface area (Å²) in [6.07, 6.45) is 2.49. The van der Waals surface area contributed by atoms with E-state index in [0.29, 0.717) is 17.1 Å². The van der Waals surface area contributed by atoms with Crippen molar-refractivity contribution in [2.24, 2.45) is 7.05 Å². The van der Waals surface area contributed by atoms with Gasteiger partial charge in [-0.05, 0) is 24.8 Å². The lowest BCUT2D eigenvalue weighted by molar-refractivity contribution is 0.158. The van der Waals surface area contributed by atoms with E-state index >= 15 is 0 Å². The molecule has 1 aliphatic rings. The number of aromatic nitrogens is 4. The van der Waals surface area contributed by atoms with Gasteiger partial charge in [-0.25, -0.2) is 4.79 Å². The Balaban J connectivity index is 1.86. The molecule has 1 fully saturated rings. The van der Waals surface area contributed by atoms with E-state index in [1.165, 1.54) is 11.0 Å². The lowest BCUT2D eigenvalue weighted by atomic mass is 10.1. The lowest BCUT2D eigenvalue weighted by Crippen LogP contribution is -2.33. The normalized spacial score (nSPS) is 16.0. The number of aliphatic hydroxyl groups is 1. The van der Waals surface area contributed by atoms with Gasteiger partial charge < -0.3 is 14.6 Å². The molecule has 0 spiro atoms. The first-order valence-electron chi connectivity index (χ1n) is 9.24. The van der Waals surface area contributed by atoms with Gasteiger partial charge in [-0.1, -0.05) is 30.3 Å². The van der Waals surface area contributed by atoms with Crippen LogP contribution in [0.15, 0.2) is 39.9 Å². The highest BCUT2D eigenvalue weighted by Gasteiger charge is 2.24. The van der Waals surface area contributed by atoms with Gasteiger partial charge in [-0.15, -0.1) is 0 Å². The summed E-state index contributed by atoms with van der Waals surface area (Å²) in [7, 11) is 1.59. The number of aliphatic hydroxyl groups excluding tert-OH is 1. The van der Waals surface area contributed by atoms with Crippen LogP contribution in [0.3, 0.4) is 0 Å². The molecule has 8 nitrogen and oxygen atoms in total. The molecule has 0 saturated carbocycles. The average molecular weight is 369 g/mol. The molecule has 1 atom stereocenters. The van der Waals surface area contributed by atoms with Gasteiger partial charge in [0.05, 0.1) is 12.6 Å². The summed E-state index contributed by atoms with van der Waals surface area (Å²) in [4.78, 5) is 33.6. The highest BCUT2D eigenvalue weighted by molar-refractivity contribution is 5.74. The van der Waals surface area contributed by atoms with E-state index in [2.05, 4.69) is 14.9 Å². The zero-order valence-corrected chi connectivity index (χ0v) is 15.3. The predicted octanol–water partition coefficient (Wildman–Crippen LogP) is 1.15. The predicted molar refractivity (Wildman–Crippen MR) is 103 cm³/mol. The zero-order chi connectivity index (χ0) is 19.0. The Labute approximate surface area is 155 Å². The molecule has 8 heteroatoms. The summed E-state index contributed by atoms with van der Waals surface area (Å²) in [6.45, 7) is 1.88. The van der Waals surface area contributed by atoms with Crippen molar-refractivity contribution in [1.29, 1.82) is 0 Å². The van der Waals surface area contributed by atoms with Crippen LogP contribution >= 0.6 is 0 Å². The smallest absolute Gasteiger partial charge is 0.329 e. The first-order chi connectivity index (χ1) is 13.1. The molecule has 0 aliphatic carbocycles. The Kier molecular flexibility index (Phi) is 4.57. The summed E-state index contributed by atoms with van der Waals surface area (Å²) >= 11 is 0. The van der Waals surface area contributed by atoms with Crippen molar-refractivity contribution in [1.82, 2.24) is 19.1 Å². The van der Waals surface area contributed by atoms with Crippen molar-refractivity contribution in [3.63, 3.8) is 0 Å². The zero-order valence-electron chi connectivity index (χ0n) is 15.3. The summed E-state index contributed by atoms with van der Waals surface area (Å²) in [5, 5.41) is 10.7. The van der Waals surface area contributed by atoms with E-state index in [9.17, 15) is 14.7 Å². The van der Waals surface area contributed by atoms with Crippen LogP contribution in [0.2, 0.25) is 0 Å². The van der Waals surface area contributed by atoms with Crippen LogP contribution in [0.5, 0.6) is 0 Å². The fraction of sp³-hybridized carbons (Fsp3) is 0.421. The molecule has 142 valence electrons. The second-order valence-corrected chi connectivity index (χ2v) is 6.99. The maximum absolute atomic E-state index is 12.6. The van der Waals surface area contributed by atoms with Crippen LogP contribution < -0.4 is 16.1 Å². The average Bonchev–Trinajstić information content (AvgIpc) is 3.07. The summed E-state index contributed by atoms with van der Waals surface area (Å²) in [6, 6.07) is 9.33. The van der Waals surface area contributed by atoms with Crippen molar-refractivity contribution in [2.75, 3.05) is 18.0 Å². The Morgan fingerprint density at radius 1 is 1.15 bits per heavy atom. The molecular formula is C19H23N5O3. The minimum absolute atomic E-state index is 0.188. The van der Waals surface area contributed by atoms with Crippen LogP contribution in [0, 0.1) is 0 Å². The van der Waals surface area contributed by atoms with Crippen LogP contribution in [0.25, 0.3) is 11.2 Å². The number of fused-ring (bicyclic) bond motifs is 1. The van der Waals surface area contributed by atoms with E-state index in [1.807, 2.05) is 30.3 Å². The van der Waals surface area contributed by atoms with Gasteiger partial charge >= 0.3 is 5.69 Å². The van der Waals surface area contributed by atoms with Gasteiger partial charge in [0.25, 0.3) is 5.56 Å². The second-order valence-electron chi connectivity index (χ2n) is 6.99. The Hall–Kier alpha value is -2.87. The van der Waals surface area contributed by atoms with Gasteiger partial charge in [0.15, 0.2) is 11.2 Å². The SMILES string of the molecule is Cn1c(=O)[nH]c(=O)c2c1nc(N1CCCCC1)n2C[C@H](O)c1ccccc1. The number of hydrogen-bond donors (Lipinski definition) is 2. The van der Waals surface area contributed by atoms with Crippen LogP contribution in [0.1, 0.15) is 30.9 Å². The Morgan fingerprint density at radius 3 is 2.56 bits per heavy atom. The van der Waals surface area contributed by atoms with E-state index in [4.69, 9.17) is 0 Å². The van der Waals surface area contributed by atoms with Crippen LogP contribution in [-0.2, 0) is 13.6 Å². The Morgan fingerprint density at radius 2 is 1.85 bits per heavy atom. The van der Waals surface area contributed by atoms with Gasteiger partial charge in [-0.2, -0.15) is 4.98 Å². The van der Waals surface area contributed by atoms with Crippen molar-refractivity contribution in [2.45, 2.75) is 31.9 Å². The maximum atomic E-state index is 12.6. The number of aromatic amines is 1. The van der Waals surface area contributed by atoms with E-state index in [-0.39, 0.29) is 6.54 Å². The number of nitrogens with zero attached hydrogens (tertiary/aromatic N) is 4. The van der Waals surface area contributed by atoms with Crippen molar-refractivity contribution in [3.8, 4) is 0 Å². The molecule has 0 unspecified atom stereocenters.